The Bertz CT molecular complexity index is 763. The molecule has 3 rings (SSSR count). The van der Waals surface area contributed by atoms with Crippen molar-refractivity contribution in [2.45, 2.75) is 56.6 Å². The third-order valence-electron chi connectivity index (χ3n) is 4.23. The first-order valence-electron chi connectivity index (χ1n) is 7.76. The average molecular weight is 337 g/mol. The fourth-order valence-corrected chi connectivity index (χ4v) is 4.90. The summed E-state index contributed by atoms with van der Waals surface area (Å²) in [6.07, 6.45) is 3.66. The molecule has 1 heterocycles. The molecule has 124 valence electrons. The van der Waals surface area contributed by atoms with Crippen molar-refractivity contribution in [3.63, 3.8) is 0 Å². The van der Waals surface area contributed by atoms with Crippen LogP contribution in [0.5, 0.6) is 0 Å². The zero-order chi connectivity index (χ0) is 16.8. The second-order valence-corrected chi connectivity index (χ2v) is 8.01. The number of carbonyl (C=O) groups is 2. The van der Waals surface area contributed by atoms with E-state index in [0.29, 0.717) is 0 Å². The van der Waals surface area contributed by atoms with Gasteiger partial charge in [0.15, 0.2) is 0 Å². The fourth-order valence-electron chi connectivity index (χ4n) is 3.11. The van der Waals surface area contributed by atoms with Gasteiger partial charge < -0.3 is 4.74 Å². The van der Waals surface area contributed by atoms with Gasteiger partial charge in [-0.2, -0.15) is 0 Å². The van der Waals surface area contributed by atoms with Crippen molar-refractivity contribution in [3.8, 4) is 0 Å². The molecule has 6 nitrogen and oxygen atoms in total. The summed E-state index contributed by atoms with van der Waals surface area (Å²) >= 11 is 0. The van der Waals surface area contributed by atoms with Crippen LogP contribution in [0.25, 0.3) is 0 Å². The smallest absolute Gasteiger partial charge is 0.338 e. The molecule has 1 aromatic rings. The highest BCUT2D eigenvalue weighted by Gasteiger charge is 2.43. The maximum Gasteiger partial charge on any atom is 0.338 e. The maximum atomic E-state index is 12.5. The van der Waals surface area contributed by atoms with Crippen molar-refractivity contribution in [2.24, 2.45) is 0 Å². The number of hydrogen-bond donors (Lipinski definition) is 0. The molecule has 0 N–H and O–H groups in total. The largest absolute Gasteiger partial charge is 0.459 e. The number of ether oxygens (including phenoxy) is 1. The lowest BCUT2D eigenvalue weighted by molar-refractivity contribution is 0.0317. The molecular weight excluding hydrogens is 318 g/mol. The minimum absolute atomic E-state index is 0.0962. The Kier molecular flexibility index (Phi) is 3.91. The summed E-state index contributed by atoms with van der Waals surface area (Å²) in [6, 6.07) is 3.62. The van der Waals surface area contributed by atoms with Crippen LogP contribution in [0.3, 0.4) is 0 Å². The molecular formula is C16H19NO5S. The highest BCUT2D eigenvalue weighted by molar-refractivity contribution is 7.90. The summed E-state index contributed by atoms with van der Waals surface area (Å²) < 4.78 is 31.3. The Hall–Kier alpha value is -1.89. The summed E-state index contributed by atoms with van der Waals surface area (Å²) in [5.41, 5.74) is 0.272. The van der Waals surface area contributed by atoms with E-state index in [0.717, 1.165) is 30.0 Å². The van der Waals surface area contributed by atoms with Crippen molar-refractivity contribution < 1.29 is 22.7 Å². The van der Waals surface area contributed by atoms with Crippen LogP contribution >= 0.6 is 0 Å². The van der Waals surface area contributed by atoms with E-state index >= 15 is 0 Å². The predicted octanol–water partition coefficient (Wildman–Crippen LogP) is 2.34. The van der Waals surface area contributed by atoms with Gasteiger partial charge in [-0.15, -0.1) is 0 Å². The van der Waals surface area contributed by atoms with E-state index in [2.05, 4.69) is 0 Å². The van der Waals surface area contributed by atoms with Crippen molar-refractivity contribution in [3.05, 3.63) is 29.3 Å². The third kappa shape index (κ3) is 2.63. The van der Waals surface area contributed by atoms with Gasteiger partial charge in [-0.1, -0.05) is 0 Å². The number of carbonyl (C=O) groups excluding carboxylic acids is 2. The zero-order valence-electron chi connectivity index (χ0n) is 13.1. The van der Waals surface area contributed by atoms with Gasteiger partial charge in [0.25, 0.3) is 15.9 Å². The SMILES string of the molecule is CC(C)N1C(=O)c2ccc(C(=O)OC3CCCC3)cc2S1(=O)=O. The first kappa shape index (κ1) is 16.0. The predicted molar refractivity (Wildman–Crippen MR) is 82.6 cm³/mol. The van der Waals surface area contributed by atoms with Crippen molar-refractivity contribution in [1.29, 1.82) is 0 Å². The normalized spacial score (nSPS) is 20.1. The average Bonchev–Trinajstić information content (AvgIpc) is 3.04. The molecule has 1 saturated carbocycles. The van der Waals surface area contributed by atoms with Gasteiger partial charge in [0.05, 0.1) is 11.1 Å². The number of fused-ring (bicyclic) bond motifs is 1. The molecule has 2 aliphatic rings. The van der Waals surface area contributed by atoms with Crippen molar-refractivity contribution in [1.82, 2.24) is 4.31 Å². The number of benzene rings is 1. The molecule has 0 unspecified atom stereocenters. The molecule has 0 atom stereocenters. The molecule has 1 aliphatic carbocycles. The van der Waals surface area contributed by atoms with Gasteiger partial charge in [-0.05, 0) is 57.7 Å². The first-order chi connectivity index (χ1) is 10.8. The van der Waals surface area contributed by atoms with Crippen LogP contribution in [0.15, 0.2) is 23.1 Å². The van der Waals surface area contributed by atoms with E-state index in [1.54, 1.807) is 13.8 Å². The van der Waals surface area contributed by atoms with Crippen LogP contribution in [0.1, 0.15) is 60.2 Å². The summed E-state index contributed by atoms with van der Waals surface area (Å²) in [5, 5.41) is 0. The van der Waals surface area contributed by atoms with Crippen molar-refractivity contribution >= 4 is 21.9 Å². The Morgan fingerprint density at radius 3 is 2.52 bits per heavy atom. The Morgan fingerprint density at radius 2 is 1.91 bits per heavy atom. The van der Waals surface area contributed by atoms with Gasteiger partial charge in [0.1, 0.15) is 11.0 Å². The minimum Gasteiger partial charge on any atom is -0.459 e. The molecule has 7 heteroatoms. The molecule has 0 radical (unpaired) electrons. The Labute approximate surface area is 135 Å². The molecule has 1 aromatic carbocycles. The minimum atomic E-state index is -3.90. The Balaban J connectivity index is 1.93. The topological polar surface area (TPSA) is 80.8 Å². The highest BCUT2D eigenvalue weighted by atomic mass is 32.2. The molecule has 0 saturated heterocycles. The first-order valence-corrected chi connectivity index (χ1v) is 9.20. The van der Waals surface area contributed by atoms with Crippen LogP contribution in [0.4, 0.5) is 0 Å². The van der Waals surface area contributed by atoms with Crippen molar-refractivity contribution in [2.75, 3.05) is 0 Å². The number of hydrogen-bond acceptors (Lipinski definition) is 5. The number of sulfonamides is 1. The van der Waals surface area contributed by atoms with Gasteiger partial charge in [0, 0.05) is 6.04 Å². The summed E-state index contributed by atoms with van der Waals surface area (Å²) in [5.74, 6) is -1.09. The van der Waals surface area contributed by atoms with Crippen LogP contribution < -0.4 is 0 Å². The number of esters is 1. The molecule has 0 bridgehead atoms. The van der Waals surface area contributed by atoms with E-state index in [-0.39, 0.29) is 22.1 Å². The van der Waals surface area contributed by atoms with Crippen LogP contribution in [-0.2, 0) is 14.8 Å². The lowest BCUT2D eigenvalue weighted by Crippen LogP contribution is -2.36. The van der Waals surface area contributed by atoms with Gasteiger partial charge in [0.2, 0.25) is 0 Å². The lowest BCUT2D eigenvalue weighted by Gasteiger charge is -2.18. The second kappa shape index (κ2) is 5.63. The molecule has 1 aliphatic heterocycles. The van der Waals surface area contributed by atoms with Crippen LogP contribution in [-0.4, -0.2) is 36.7 Å². The number of nitrogens with zero attached hydrogens (tertiary/aromatic N) is 1. The third-order valence-corrected chi connectivity index (χ3v) is 6.23. The molecule has 23 heavy (non-hydrogen) atoms. The standard InChI is InChI=1S/C16H19NO5S/c1-10(2)17-15(18)13-8-7-11(9-14(13)23(17,20)21)16(19)22-12-5-3-4-6-12/h7-10,12H,3-6H2,1-2H3. The van der Waals surface area contributed by atoms with Crippen LogP contribution in [0.2, 0.25) is 0 Å². The zero-order valence-corrected chi connectivity index (χ0v) is 13.9. The highest BCUT2D eigenvalue weighted by Crippen LogP contribution is 2.33. The van der Waals surface area contributed by atoms with Gasteiger partial charge in [-0.3, -0.25) is 4.79 Å². The number of rotatable bonds is 3. The fraction of sp³-hybridized carbons (Fsp3) is 0.500. The summed E-state index contributed by atoms with van der Waals surface area (Å²) in [7, 11) is -3.90. The molecule has 1 fully saturated rings. The lowest BCUT2D eigenvalue weighted by atomic mass is 10.1. The molecule has 0 spiro atoms. The van der Waals surface area contributed by atoms with E-state index in [9.17, 15) is 18.0 Å². The quantitative estimate of drug-likeness (QED) is 0.791. The summed E-state index contributed by atoms with van der Waals surface area (Å²) in [6.45, 7) is 3.27. The Morgan fingerprint density at radius 1 is 1.26 bits per heavy atom. The van der Waals surface area contributed by atoms with E-state index in [1.807, 2.05) is 0 Å². The number of amides is 1. The maximum absolute atomic E-state index is 12.5. The monoisotopic (exact) mass is 337 g/mol. The van der Waals surface area contributed by atoms with E-state index in [1.165, 1.54) is 18.2 Å². The molecule has 0 aromatic heterocycles. The van der Waals surface area contributed by atoms with E-state index in [4.69, 9.17) is 4.74 Å². The summed E-state index contributed by atoms with van der Waals surface area (Å²) in [4.78, 5) is 24.3. The van der Waals surface area contributed by atoms with E-state index < -0.39 is 27.9 Å². The van der Waals surface area contributed by atoms with Gasteiger partial charge in [-0.25, -0.2) is 17.5 Å². The van der Waals surface area contributed by atoms with Gasteiger partial charge >= 0.3 is 5.97 Å². The second-order valence-electron chi connectivity index (χ2n) is 6.22. The molecule has 1 amide bonds. The van der Waals surface area contributed by atoms with Crippen LogP contribution in [0, 0.1) is 0 Å².